The first-order chi connectivity index (χ1) is 6.43. The molecule has 76 valence electrons. The molecular formula is C8H10N2O4. The summed E-state index contributed by atoms with van der Waals surface area (Å²) < 4.78 is 0. The van der Waals surface area contributed by atoms with Gasteiger partial charge in [0.25, 0.3) is 5.91 Å². The molecule has 14 heavy (non-hydrogen) atoms. The second-order valence-electron chi connectivity index (χ2n) is 3.10. The van der Waals surface area contributed by atoms with Crippen molar-refractivity contribution in [3.63, 3.8) is 0 Å². The Bertz CT molecular complexity index is 332. The summed E-state index contributed by atoms with van der Waals surface area (Å²) in [5, 5.41) is 8.57. The van der Waals surface area contributed by atoms with Crippen LogP contribution in [0.1, 0.15) is 0 Å². The van der Waals surface area contributed by atoms with Gasteiger partial charge in [0.15, 0.2) is 5.78 Å². The molecule has 2 amide bonds. The number of carboxylic acid groups (broad SMARTS) is 1. The minimum atomic E-state index is -1.40. The molecule has 0 aromatic heterocycles. The van der Waals surface area contributed by atoms with E-state index in [9.17, 15) is 14.4 Å². The van der Waals surface area contributed by atoms with Crippen molar-refractivity contribution < 1.29 is 19.5 Å². The lowest BCUT2D eigenvalue weighted by atomic mass is 10.2. The molecule has 0 radical (unpaired) electrons. The fourth-order valence-corrected chi connectivity index (χ4v) is 1.11. The lowest BCUT2D eigenvalue weighted by Crippen LogP contribution is -2.31. The van der Waals surface area contributed by atoms with Gasteiger partial charge in [-0.15, -0.1) is 0 Å². The first kappa shape index (κ1) is 10.2. The second-order valence-corrected chi connectivity index (χ2v) is 3.10. The summed E-state index contributed by atoms with van der Waals surface area (Å²) in [6.07, 6.45) is -0.0707. The van der Waals surface area contributed by atoms with Crippen LogP contribution in [0.15, 0.2) is 11.8 Å². The van der Waals surface area contributed by atoms with Crippen molar-refractivity contribution in [2.75, 3.05) is 20.6 Å². The molecule has 1 rings (SSSR count). The van der Waals surface area contributed by atoms with Crippen molar-refractivity contribution in [2.45, 2.75) is 0 Å². The summed E-state index contributed by atoms with van der Waals surface area (Å²) in [5.41, 5.74) is -0.0857. The molecule has 0 bridgehead atoms. The number of amides is 2. The number of ketones is 1. The molecule has 0 aliphatic carbocycles. The Morgan fingerprint density at radius 2 is 2.07 bits per heavy atom. The van der Waals surface area contributed by atoms with Crippen LogP contribution in [0.4, 0.5) is 4.79 Å². The van der Waals surface area contributed by atoms with Crippen molar-refractivity contribution in [2.24, 2.45) is 0 Å². The average molecular weight is 198 g/mol. The first-order valence-electron chi connectivity index (χ1n) is 3.89. The van der Waals surface area contributed by atoms with Crippen LogP contribution in [-0.4, -0.2) is 53.3 Å². The van der Waals surface area contributed by atoms with Crippen LogP contribution in [0, 0.1) is 0 Å². The van der Waals surface area contributed by atoms with Gasteiger partial charge < -0.3 is 10.0 Å². The van der Waals surface area contributed by atoms with E-state index in [4.69, 9.17) is 5.11 Å². The Morgan fingerprint density at radius 3 is 2.43 bits per heavy atom. The van der Waals surface area contributed by atoms with Crippen molar-refractivity contribution in [1.29, 1.82) is 0 Å². The SMILES string of the molecule is CN(C)/C=C1/C(=O)CN(C(=O)O)C1=O. The van der Waals surface area contributed by atoms with Crippen LogP contribution in [0.2, 0.25) is 0 Å². The van der Waals surface area contributed by atoms with E-state index in [1.165, 1.54) is 11.1 Å². The number of hydrogen-bond acceptors (Lipinski definition) is 4. The van der Waals surface area contributed by atoms with Gasteiger partial charge in [-0.25, -0.2) is 9.69 Å². The van der Waals surface area contributed by atoms with Gasteiger partial charge >= 0.3 is 6.09 Å². The van der Waals surface area contributed by atoms with Crippen molar-refractivity contribution in [3.05, 3.63) is 11.8 Å². The van der Waals surface area contributed by atoms with E-state index in [-0.39, 0.29) is 12.1 Å². The third-order valence-electron chi connectivity index (χ3n) is 1.70. The third kappa shape index (κ3) is 1.73. The quantitative estimate of drug-likeness (QED) is 0.455. The van der Waals surface area contributed by atoms with Gasteiger partial charge in [-0.3, -0.25) is 9.59 Å². The fourth-order valence-electron chi connectivity index (χ4n) is 1.11. The number of carbonyl (C=O) groups is 3. The summed E-state index contributed by atoms with van der Waals surface area (Å²) in [5.74, 6) is -1.22. The monoisotopic (exact) mass is 198 g/mol. The van der Waals surface area contributed by atoms with Crippen molar-refractivity contribution in [1.82, 2.24) is 9.80 Å². The van der Waals surface area contributed by atoms with Gasteiger partial charge in [-0.1, -0.05) is 0 Å². The van der Waals surface area contributed by atoms with Crippen LogP contribution in [0.5, 0.6) is 0 Å². The molecule has 0 spiro atoms. The Kier molecular flexibility index (Phi) is 2.55. The number of imide groups is 1. The standard InChI is InChI=1S/C8H10N2O4/c1-9(2)3-5-6(11)4-10(7(5)12)8(13)14/h3H,4H2,1-2H3,(H,13,14)/b5-3-. The van der Waals surface area contributed by atoms with E-state index in [1.54, 1.807) is 14.1 Å². The number of carbonyl (C=O) groups excluding carboxylic acids is 2. The zero-order chi connectivity index (χ0) is 10.9. The molecule has 1 aliphatic rings. The van der Waals surface area contributed by atoms with Crippen molar-refractivity contribution in [3.8, 4) is 0 Å². The maximum absolute atomic E-state index is 11.3. The Balaban J connectivity index is 2.97. The molecule has 0 aromatic rings. The van der Waals surface area contributed by atoms with Crippen LogP contribution in [0.25, 0.3) is 0 Å². The average Bonchev–Trinajstić information content (AvgIpc) is 2.31. The molecule has 0 unspecified atom stereocenters. The fraction of sp³-hybridized carbons (Fsp3) is 0.375. The lowest BCUT2D eigenvalue weighted by molar-refractivity contribution is -0.123. The molecule has 1 fully saturated rings. The highest BCUT2D eigenvalue weighted by atomic mass is 16.4. The van der Waals surface area contributed by atoms with Crippen LogP contribution in [0.3, 0.4) is 0 Å². The number of rotatable bonds is 1. The van der Waals surface area contributed by atoms with E-state index < -0.39 is 17.8 Å². The number of likely N-dealkylation sites (tertiary alicyclic amines) is 1. The minimum Gasteiger partial charge on any atom is -0.465 e. The molecule has 1 N–H and O–H groups in total. The van der Waals surface area contributed by atoms with Gasteiger partial charge in [0.2, 0.25) is 0 Å². The zero-order valence-electron chi connectivity index (χ0n) is 7.85. The van der Waals surface area contributed by atoms with Crippen LogP contribution in [-0.2, 0) is 9.59 Å². The Labute approximate surface area is 80.4 Å². The highest BCUT2D eigenvalue weighted by molar-refractivity contribution is 6.28. The van der Waals surface area contributed by atoms with E-state index in [0.717, 1.165) is 0 Å². The molecule has 0 saturated carbocycles. The van der Waals surface area contributed by atoms with E-state index >= 15 is 0 Å². The second kappa shape index (κ2) is 3.49. The lowest BCUT2D eigenvalue weighted by Gasteiger charge is -2.07. The molecular weight excluding hydrogens is 188 g/mol. The number of hydrogen-bond donors (Lipinski definition) is 1. The smallest absolute Gasteiger partial charge is 0.414 e. The van der Waals surface area contributed by atoms with E-state index in [2.05, 4.69) is 0 Å². The molecule has 1 saturated heterocycles. The molecule has 6 nitrogen and oxygen atoms in total. The topological polar surface area (TPSA) is 77.9 Å². The maximum Gasteiger partial charge on any atom is 0.414 e. The van der Waals surface area contributed by atoms with Gasteiger partial charge in [-0.05, 0) is 0 Å². The van der Waals surface area contributed by atoms with Gasteiger partial charge in [0.1, 0.15) is 5.57 Å². The predicted octanol–water partition coefficient (Wildman–Crippen LogP) is -0.479. The van der Waals surface area contributed by atoms with Gasteiger partial charge in [0.05, 0.1) is 6.54 Å². The largest absolute Gasteiger partial charge is 0.465 e. The molecule has 6 heteroatoms. The summed E-state index contributed by atoms with van der Waals surface area (Å²) >= 11 is 0. The molecule has 0 atom stereocenters. The summed E-state index contributed by atoms with van der Waals surface area (Å²) in [6, 6.07) is 0. The highest BCUT2D eigenvalue weighted by Crippen LogP contribution is 2.13. The molecule has 1 aliphatic heterocycles. The van der Waals surface area contributed by atoms with E-state index in [1.807, 2.05) is 0 Å². The zero-order valence-corrected chi connectivity index (χ0v) is 7.85. The van der Waals surface area contributed by atoms with Gasteiger partial charge in [-0.2, -0.15) is 0 Å². The minimum absolute atomic E-state index is 0.0857. The Hall–Kier alpha value is -1.85. The van der Waals surface area contributed by atoms with Crippen LogP contribution >= 0.6 is 0 Å². The predicted molar refractivity (Wildman–Crippen MR) is 46.5 cm³/mol. The molecule has 0 aromatic carbocycles. The first-order valence-corrected chi connectivity index (χ1v) is 3.89. The summed E-state index contributed by atoms with van der Waals surface area (Å²) in [4.78, 5) is 35.1. The highest BCUT2D eigenvalue weighted by Gasteiger charge is 2.37. The van der Waals surface area contributed by atoms with Gasteiger partial charge in [0, 0.05) is 20.3 Å². The summed E-state index contributed by atoms with van der Waals surface area (Å²) in [7, 11) is 3.30. The summed E-state index contributed by atoms with van der Waals surface area (Å²) in [6.45, 7) is -0.381. The number of Topliss-reactive ketones (excluding diaryl/α,β-unsaturated/α-hetero) is 1. The number of nitrogens with zero attached hydrogens (tertiary/aromatic N) is 2. The maximum atomic E-state index is 11.3. The van der Waals surface area contributed by atoms with E-state index in [0.29, 0.717) is 4.90 Å². The third-order valence-corrected chi connectivity index (χ3v) is 1.70. The Morgan fingerprint density at radius 1 is 1.50 bits per heavy atom. The van der Waals surface area contributed by atoms with Crippen molar-refractivity contribution >= 4 is 17.8 Å². The van der Waals surface area contributed by atoms with Crippen LogP contribution < -0.4 is 0 Å². The molecule has 1 heterocycles. The normalized spacial score (nSPS) is 19.3.